The highest BCUT2D eigenvalue weighted by atomic mass is 16.3. The predicted octanol–water partition coefficient (Wildman–Crippen LogP) is 1.73. The first-order valence-electron chi connectivity index (χ1n) is 7.15. The quantitative estimate of drug-likeness (QED) is 0.871. The number of anilines is 1. The third-order valence-corrected chi connectivity index (χ3v) is 4.21. The Morgan fingerprint density at radius 1 is 1.16 bits per heavy atom. The second kappa shape index (κ2) is 5.02. The summed E-state index contributed by atoms with van der Waals surface area (Å²) in [7, 11) is 0. The van der Waals surface area contributed by atoms with Crippen LogP contribution in [0.15, 0.2) is 18.2 Å². The lowest BCUT2D eigenvalue weighted by atomic mass is 10.1. The second-order valence-corrected chi connectivity index (χ2v) is 5.67. The number of piperazine rings is 1. The number of aliphatic hydroxyl groups excluding tert-OH is 1. The Labute approximate surface area is 114 Å². The third-order valence-electron chi connectivity index (χ3n) is 4.21. The van der Waals surface area contributed by atoms with E-state index in [4.69, 9.17) is 0 Å². The summed E-state index contributed by atoms with van der Waals surface area (Å²) >= 11 is 0. The van der Waals surface area contributed by atoms with Crippen molar-refractivity contribution in [3.05, 3.63) is 23.8 Å². The fourth-order valence-electron chi connectivity index (χ4n) is 2.87. The van der Waals surface area contributed by atoms with Gasteiger partial charge in [-0.05, 0) is 25.8 Å². The fraction of sp³-hybridized carbons (Fsp3) is 0.600. The van der Waals surface area contributed by atoms with E-state index in [1.54, 1.807) is 13.0 Å². The smallest absolute Gasteiger partial charge is 0.123 e. The molecule has 1 unspecified atom stereocenters. The molecular formula is C15H22N2O2. The zero-order chi connectivity index (χ0) is 13.4. The van der Waals surface area contributed by atoms with E-state index in [0.717, 1.165) is 37.9 Å². The summed E-state index contributed by atoms with van der Waals surface area (Å²) in [5, 5.41) is 19.5. The number of aliphatic hydroxyl groups is 1. The van der Waals surface area contributed by atoms with Crippen molar-refractivity contribution in [2.75, 3.05) is 31.1 Å². The van der Waals surface area contributed by atoms with Gasteiger partial charge in [0.05, 0.1) is 6.10 Å². The van der Waals surface area contributed by atoms with Gasteiger partial charge in [0.25, 0.3) is 0 Å². The van der Waals surface area contributed by atoms with Gasteiger partial charge < -0.3 is 15.1 Å². The van der Waals surface area contributed by atoms with Crippen LogP contribution in [0.5, 0.6) is 5.75 Å². The summed E-state index contributed by atoms with van der Waals surface area (Å²) < 4.78 is 0. The lowest BCUT2D eigenvalue weighted by Gasteiger charge is -2.36. The van der Waals surface area contributed by atoms with E-state index < -0.39 is 6.10 Å². The molecule has 1 saturated heterocycles. The molecule has 0 amide bonds. The molecule has 2 fully saturated rings. The topological polar surface area (TPSA) is 46.9 Å². The van der Waals surface area contributed by atoms with Crippen molar-refractivity contribution >= 4 is 5.69 Å². The first-order chi connectivity index (χ1) is 9.15. The van der Waals surface area contributed by atoms with Gasteiger partial charge in [-0.3, -0.25) is 4.90 Å². The maximum Gasteiger partial charge on any atom is 0.123 e. The van der Waals surface area contributed by atoms with Crippen molar-refractivity contribution in [3.8, 4) is 5.75 Å². The van der Waals surface area contributed by atoms with E-state index >= 15 is 0 Å². The molecule has 3 rings (SSSR count). The van der Waals surface area contributed by atoms with Crippen molar-refractivity contribution in [3.63, 3.8) is 0 Å². The molecule has 1 saturated carbocycles. The van der Waals surface area contributed by atoms with E-state index in [-0.39, 0.29) is 5.75 Å². The molecule has 0 aromatic heterocycles. The number of aromatic hydroxyl groups is 1. The molecule has 0 spiro atoms. The average Bonchev–Trinajstić information content (AvgIpc) is 3.22. The highest BCUT2D eigenvalue weighted by molar-refractivity contribution is 5.54. The number of hydrogen-bond acceptors (Lipinski definition) is 4. The van der Waals surface area contributed by atoms with Gasteiger partial charge in [0, 0.05) is 49.5 Å². The molecule has 2 aliphatic rings. The lowest BCUT2D eigenvalue weighted by molar-refractivity contribution is 0.195. The first kappa shape index (κ1) is 12.8. The van der Waals surface area contributed by atoms with Gasteiger partial charge in [-0.15, -0.1) is 0 Å². The van der Waals surface area contributed by atoms with Crippen molar-refractivity contribution < 1.29 is 10.2 Å². The summed E-state index contributed by atoms with van der Waals surface area (Å²) in [5.41, 5.74) is 1.65. The van der Waals surface area contributed by atoms with Crippen LogP contribution in [0.1, 0.15) is 31.4 Å². The molecule has 0 bridgehead atoms. The first-order valence-corrected chi connectivity index (χ1v) is 7.15. The maximum atomic E-state index is 9.95. The van der Waals surface area contributed by atoms with E-state index in [2.05, 4.69) is 9.80 Å². The second-order valence-electron chi connectivity index (χ2n) is 5.67. The molecule has 4 heteroatoms. The van der Waals surface area contributed by atoms with Crippen LogP contribution in [0.4, 0.5) is 5.69 Å². The van der Waals surface area contributed by atoms with E-state index in [0.29, 0.717) is 5.56 Å². The average molecular weight is 262 g/mol. The summed E-state index contributed by atoms with van der Waals surface area (Å²) in [4.78, 5) is 4.88. The van der Waals surface area contributed by atoms with Crippen molar-refractivity contribution in [2.24, 2.45) is 0 Å². The minimum Gasteiger partial charge on any atom is -0.507 e. The molecule has 1 atom stereocenters. The summed E-state index contributed by atoms with van der Waals surface area (Å²) in [6, 6.07) is 6.43. The molecule has 1 aliphatic heterocycles. The zero-order valence-electron chi connectivity index (χ0n) is 11.4. The molecule has 104 valence electrons. The Morgan fingerprint density at radius 2 is 1.84 bits per heavy atom. The largest absolute Gasteiger partial charge is 0.507 e. The van der Waals surface area contributed by atoms with Gasteiger partial charge in [0.15, 0.2) is 0 Å². The van der Waals surface area contributed by atoms with Crippen LogP contribution in [-0.4, -0.2) is 47.3 Å². The Balaban J connectivity index is 1.67. The zero-order valence-corrected chi connectivity index (χ0v) is 11.4. The Hall–Kier alpha value is -1.26. The van der Waals surface area contributed by atoms with Gasteiger partial charge >= 0.3 is 0 Å². The van der Waals surface area contributed by atoms with Crippen LogP contribution in [0, 0.1) is 0 Å². The lowest BCUT2D eigenvalue weighted by Crippen LogP contribution is -2.47. The van der Waals surface area contributed by atoms with E-state index in [1.165, 1.54) is 12.8 Å². The normalized spacial score (nSPS) is 22.5. The summed E-state index contributed by atoms with van der Waals surface area (Å²) in [5.74, 6) is 0.192. The molecular weight excluding hydrogens is 240 g/mol. The van der Waals surface area contributed by atoms with Crippen LogP contribution in [0.2, 0.25) is 0 Å². The molecule has 1 heterocycles. The van der Waals surface area contributed by atoms with Crippen LogP contribution >= 0.6 is 0 Å². The Kier molecular flexibility index (Phi) is 3.37. The van der Waals surface area contributed by atoms with Crippen LogP contribution in [0.25, 0.3) is 0 Å². The highest BCUT2D eigenvalue weighted by Crippen LogP contribution is 2.31. The molecule has 1 aliphatic carbocycles. The Morgan fingerprint density at radius 3 is 2.37 bits per heavy atom. The predicted molar refractivity (Wildman–Crippen MR) is 75.5 cm³/mol. The summed E-state index contributed by atoms with van der Waals surface area (Å²) in [6.07, 6.45) is 2.11. The van der Waals surface area contributed by atoms with Crippen LogP contribution < -0.4 is 4.90 Å². The van der Waals surface area contributed by atoms with Crippen molar-refractivity contribution in [2.45, 2.75) is 31.9 Å². The standard InChI is InChI=1S/C15H22N2O2/c1-11(18)14-5-4-13(10-15(14)19)17-8-6-16(7-9-17)12-2-3-12/h4-5,10-12,18-19H,2-3,6-9H2,1H3. The molecule has 1 aromatic carbocycles. The maximum absolute atomic E-state index is 9.95. The van der Waals surface area contributed by atoms with Gasteiger partial charge in [0.1, 0.15) is 5.75 Å². The molecule has 4 nitrogen and oxygen atoms in total. The van der Waals surface area contributed by atoms with Gasteiger partial charge in [-0.1, -0.05) is 6.07 Å². The van der Waals surface area contributed by atoms with E-state index in [1.807, 2.05) is 12.1 Å². The molecule has 0 radical (unpaired) electrons. The van der Waals surface area contributed by atoms with Crippen molar-refractivity contribution in [1.29, 1.82) is 0 Å². The Bertz CT molecular complexity index is 449. The van der Waals surface area contributed by atoms with Gasteiger partial charge in [0.2, 0.25) is 0 Å². The van der Waals surface area contributed by atoms with Crippen LogP contribution in [0.3, 0.4) is 0 Å². The number of nitrogens with zero attached hydrogens (tertiary/aromatic N) is 2. The number of hydrogen-bond donors (Lipinski definition) is 2. The van der Waals surface area contributed by atoms with Gasteiger partial charge in [-0.2, -0.15) is 0 Å². The number of rotatable bonds is 3. The number of benzene rings is 1. The monoisotopic (exact) mass is 262 g/mol. The SMILES string of the molecule is CC(O)c1ccc(N2CCN(C3CC3)CC2)cc1O. The van der Waals surface area contributed by atoms with Crippen molar-refractivity contribution in [1.82, 2.24) is 4.90 Å². The minimum atomic E-state index is -0.624. The molecule has 19 heavy (non-hydrogen) atoms. The van der Waals surface area contributed by atoms with Gasteiger partial charge in [-0.25, -0.2) is 0 Å². The van der Waals surface area contributed by atoms with E-state index in [9.17, 15) is 10.2 Å². The number of phenolic OH excluding ortho intramolecular Hbond substituents is 1. The van der Waals surface area contributed by atoms with Crippen LogP contribution in [-0.2, 0) is 0 Å². The fourth-order valence-corrected chi connectivity index (χ4v) is 2.87. The highest BCUT2D eigenvalue weighted by Gasteiger charge is 2.31. The molecule has 2 N–H and O–H groups in total. The third kappa shape index (κ3) is 2.69. The molecule has 1 aromatic rings. The summed E-state index contributed by atoms with van der Waals surface area (Å²) in [6.45, 7) is 5.93. The number of phenols is 1. The minimum absolute atomic E-state index is 0.192.